The first-order chi connectivity index (χ1) is 7.69. The van der Waals surface area contributed by atoms with Gasteiger partial charge in [-0.05, 0) is 31.4 Å². The lowest BCUT2D eigenvalue weighted by molar-refractivity contribution is 0.335. The average Bonchev–Trinajstić information content (AvgIpc) is 2.53. The molecule has 3 rings (SSSR count). The molecule has 0 aromatic heterocycles. The summed E-state index contributed by atoms with van der Waals surface area (Å²) in [5.41, 5.74) is 4.35. The first kappa shape index (κ1) is 10.0. The van der Waals surface area contributed by atoms with E-state index in [9.17, 15) is 0 Å². The average molecular weight is 216 g/mol. The Bertz CT molecular complexity index is 413. The van der Waals surface area contributed by atoms with E-state index in [1.807, 2.05) is 0 Å². The van der Waals surface area contributed by atoms with Gasteiger partial charge in [-0.2, -0.15) is 0 Å². The zero-order valence-corrected chi connectivity index (χ0v) is 10.1. The van der Waals surface area contributed by atoms with Gasteiger partial charge >= 0.3 is 0 Å². The minimum absolute atomic E-state index is 0.422. The zero-order valence-electron chi connectivity index (χ0n) is 10.1. The third-order valence-corrected chi connectivity index (χ3v) is 4.35. The molecule has 1 saturated carbocycles. The van der Waals surface area contributed by atoms with Crippen molar-refractivity contribution in [2.24, 2.45) is 5.41 Å². The molecule has 1 heterocycles. The third kappa shape index (κ3) is 1.40. The van der Waals surface area contributed by atoms with E-state index in [4.69, 9.17) is 0 Å². The van der Waals surface area contributed by atoms with Crippen LogP contribution in [0.1, 0.15) is 31.7 Å². The third-order valence-electron chi connectivity index (χ3n) is 4.35. The van der Waals surface area contributed by atoms with Crippen molar-refractivity contribution in [3.05, 3.63) is 23.8 Å². The number of fused-ring (bicyclic) bond motifs is 2. The van der Waals surface area contributed by atoms with Gasteiger partial charge < -0.3 is 10.6 Å². The lowest BCUT2D eigenvalue weighted by Crippen LogP contribution is -2.36. The van der Waals surface area contributed by atoms with E-state index in [1.165, 1.54) is 36.2 Å². The summed E-state index contributed by atoms with van der Waals surface area (Å²) in [4.78, 5) is 0. The van der Waals surface area contributed by atoms with Crippen LogP contribution in [-0.4, -0.2) is 12.6 Å². The fourth-order valence-electron chi connectivity index (χ4n) is 3.19. The van der Waals surface area contributed by atoms with Crippen molar-refractivity contribution in [1.82, 2.24) is 0 Å². The van der Waals surface area contributed by atoms with E-state index in [0.29, 0.717) is 11.5 Å². The van der Waals surface area contributed by atoms with E-state index in [-0.39, 0.29) is 0 Å². The van der Waals surface area contributed by atoms with Gasteiger partial charge in [0.25, 0.3) is 0 Å². The molecule has 0 radical (unpaired) electrons. The van der Waals surface area contributed by atoms with Crippen LogP contribution in [0.5, 0.6) is 0 Å². The van der Waals surface area contributed by atoms with Crippen LogP contribution in [0.2, 0.25) is 0 Å². The van der Waals surface area contributed by atoms with E-state index in [0.717, 1.165) is 6.54 Å². The molecule has 1 aromatic rings. The number of nitrogens with one attached hydrogen (secondary N) is 2. The molecular formula is C14H20N2. The molecule has 0 bridgehead atoms. The number of aryl methyl sites for hydroxylation is 1. The summed E-state index contributed by atoms with van der Waals surface area (Å²) < 4.78 is 0. The molecule has 2 heteroatoms. The van der Waals surface area contributed by atoms with Crippen molar-refractivity contribution in [3.8, 4) is 0 Å². The Balaban J connectivity index is 2.00. The van der Waals surface area contributed by atoms with E-state index >= 15 is 0 Å². The molecule has 2 unspecified atom stereocenters. The second-order valence-corrected chi connectivity index (χ2v) is 5.59. The van der Waals surface area contributed by atoms with Gasteiger partial charge in [-0.25, -0.2) is 0 Å². The predicted octanol–water partition coefficient (Wildman–Crippen LogP) is 3.39. The van der Waals surface area contributed by atoms with E-state index in [2.05, 4.69) is 42.7 Å². The Morgan fingerprint density at radius 1 is 1.38 bits per heavy atom. The van der Waals surface area contributed by atoms with Crippen molar-refractivity contribution in [3.63, 3.8) is 0 Å². The molecule has 86 valence electrons. The first-order valence-corrected chi connectivity index (χ1v) is 6.29. The fourth-order valence-corrected chi connectivity index (χ4v) is 3.19. The maximum atomic E-state index is 3.74. The molecule has 0 spiro atoms. The van der Waals surface area contributed by atoms with E-state index < -0.39 is 0 Å². The van der Waals surface area contributed by atoms with Crippen LogP contribution in [0.3, 0.4) is 0 Å². The highest BCUT2D eigenvalue weighted by Gasteiger charge is 2.40. The molecule has 2 aliphatic rings. The number of rotatable bonds is 0. The number of anilines is 2. The summed E-state index contributed by atoms with van der Waals surface area (Å²) in [6.07, 6.45) is 4.01. The molecule has 1 aromatic carbocycles. The summed E-state index contributed by atoms with van der Waals surface area (Å²) >= 11 is 0. The van der Waals surface area contributed by atoms with Gasteiger partial charge in [0.05, 0.1) is 11.4 Å². The molecule has 0 amide bonds. The number of benzene rings is 1. The lowest BCUT2D eigenvalue weighted by Gasteiger charge is -2.29. The largest absolute Gasteiger partial charge is 0.383 e. The SMILES string of the molecule is Cc1cccc2c1NCC1(C)CCCC1N2. The minimum atomic E-state index is 0.422. The summed E-state index contributed by atoms with van der Waals surface area (Å²) in [6.45, 7) is 5.69. The van der Waals surface area contributed by atoms with Crippen LogP contribution in [0.15, 0.2) is 18.2 Å². The Kier molecular flexibility index (Phi) is 2.13. The molecule has 16 heavy (non-hydrogen) atoms. The van der Waals surface area contributed by atoms with Crippen molar-refractivity contribution < 1.29 is 0 Å². The van der Waals surface area contributed by atoms with Gasteiger partial charge in [-0.15, -0.1) is 0 Å². The van der Waals surface area contributed by atoms with E-state index in [1.54, 1.807) is 0 Å². The predicted molar refractivity (Wildman–Crippen MR) is 69.0 cm³/mol. The van der Waals surface area contributed by atoms with Gasteiger partial charge in [0, 0.05) is 18.0 Å². The standard InChI is InChI=1S/C14H20N2/c1-10-5-3-6-11-13(10)15-9-14(2)8-4-7-12(14)16-11/h3,5-6,12,15-16H,4,7-9H2,1-2H3. The molecule has 1 aliphatic carbocycles. The topological polar surface area (TPSA) is 24.1 Å². The summed E-state index contributed by atoms with van der Waals surface area (Å²) in [6, 6.07) is 7.15. The lowest BCUT2D eigenvalue weighted by atomic mass is 9.85. The number of hydrogen-bond donors (Lipinski definition) is 2. The Hall–Kier alpha value is -1.18. The maximum absolute atomic E-state index is 3.74. The van der Waals surface area contributed by atoms with Crippen molar-refractivity contribution in [1.29, 1.82) is 0 Å². The van der Waals surface area contributed by atoms with Crippen LogP contribution in [-0.2, 0) is 0 Å². The molecule has 2 nitrogen and oxygen atoms in total. The van der Waals surface area contributed by atoms with Gasteiger partial charge in [0.2, 0.25) is 0 Å². The van der Waals surface area contributed by atoms with Crippen molar-refractivity contribution in [2.45, 2.75) is 39.2 Å². The smallest absolute Gasteiger partial charge is 0.0605 e. The molecule has 0 saturated heterocycles. The fraction of sp³-hybridized carbons (Fsp3) is 0.571. The highest BCUT2D eigenvalue weighted by atomic mass is 15.0. The highest BCUT2D eigenvalue weighted by Crippen LogP contribution is 2.43. The molecule has 2 N–H and O–H groups in total. The Morgan fingerprint density at radius 2 is 2.25 bits per heavy atom. The number of hydrogen-bond acceptors (Lipinski definition) is 2. The van der Waals surface area contributed by atoms with Gasteiger partial charge in [0.15, 0.2) is 0 Å². The van der Waals surface area contributed by atoms with Crippen LogP contribution < -0.4 is 10.6 Å². The Morgan fingerprint density at radius 3 is 3.12 bits per heavy atom. The van der Waals surface area contributed by atoms with Crippen LogP contribution in [0.25, 0.3) is 0 Å². The van der Waals surface area contributed by atoms with Crippen LogP contribution in [0, 0.1) is 12.3 Å². The maximum Gasteiger partial charge on any atom is 0.0605 e. The van der Waals surface area contributed by atoms with Crippen LogP contribution >= 0.6 is 0 Å². The summed E-state index contributed by atoms with van der Waals surface area (Å²) in [5.74, 6) is 0. The second kappa shape index (κ2) is 3.41. The quantitative estimate of drug-likeness (QED) is 0.694. The monoisotopic (exact) mass is 216 g/mol. The van der Waals surface area contributed by atoms with Gasteiger partial charge in [0.1, 0.15) is 0 Å². The molecule has 1 aliphatic heterocycles. The van der Waals surface area contributed by atoms with Gasteiger partial charge in [-0.3, -0.25) is 0 Å². The minimum Gasteiger partial charge on any atom is -0.383 e. The van der Waals surface area contributed by atoms with Gasteiger partial charge in [-0.1, -0.05) is 25.5 Å². The van der Waals surface area contributed by atoms with Crippen molar-refractivity contribution in [2.75, 3.05) is 17.2 Å². The molecule has 1 fully saturated rings. The zero-order chi connectivity index (χ0) is 11.2. The summed E-state index contributed by atoms with van der Waals surface area (Å²) in [5, 5.41) is 7.38. The first-order valence-electron chi connectivity index (χ1n) is 6.29. The molecule has 2 atom stereocenters. The second-order valence-electron chi connectivity index (χ2n) is 5.59. The number of para-hydroxylation sites is 1. The molecular weight excluding hydrogens is 196 g/mol. The normalized spacial score (nSPS) is 32.0. The Labute approximate surface area is 97.4 Å². The summed E-state index contributed by atoms with van der Waals surface area (Å²) in [7, 11) is 0. The van der Waals surface area contributed by atoms with Crippen molar-refractivity contribution >= 4 is 11.4 Å². The highest BCUT2D eigenvalue weighted by molar-refractivity contribution is 5.73. The van der Waals surface area contributed by atoms with Crippen LogP contribution in [0.4, 0.5) is 11.4 Å².